The average Bonchev–Trinajstić information content (AvgIpc) is 2.68. The number of alkyl halides is 3. The highest BCUT2D eigenvalue weighted by molar-refractivity contribution is 5.04. The van der Waals surface area contributed by atoms with Gasteiger partial charge in [-0.25, -0.2) is 0 Å². The third-order valence-electron chi connectivity index (χ3n) is 3.46. The number of hydrogen-bond acceptors (Lipinski definition) is 2. The summed E-state index contributed by atoms with van der Waals surface area (Å²) >= 11 is 0. The summed E-state index contributed by atoms with van der Waals surface area (Å²) in [4.78, 5) is 0. The first-order valence-electron chi connectivity index (χ1n) is 5.71. The lowest BCUT2D eigenvalue weighted by molar-refractivity contribution is -0.192. The number of aliphatic hydroxyl groups is 1. The molecule has 1 heterocycles. The standard InChI is InChI=1S/C12H15F3O2/c13-12(14,15)9-3-5-11(16,6-4-9)8-10-2-1-7-17-10/h1-2,7,9,16H,3-6,8H2. The van der Waals surface area contributed by atoms with Crippen molar-refractivity contribution in [3.8, 4) is 0 Å². The van der Waals surface area contributed by atoms with Crippen molar-refractivity contribution in [2.24, 2.45) is 5.92 Å². The maximum absolute atomic E-state index is 12.5. The molecule has 2 nitrogen and oxygen atoms in total. The minimum Gasteiger partial charge on any atom is -0.469 e. The molecule has 1 fully saturated rings. The smallest absolute Gasteiger partial charge is 0.391 e. The van der Waals surface area contributed by atoms with E-state index in [0.29, 0.717) is 12.2 Å². The van der Waals surface area contributed by atoms with Gasteiger partial charge in [0.2, 0.25) is 0 Å². The fraction of sp³-hybridized carbons (Fsp3) is 0.667. The van der Waals surface area contributed by atoms with Gasteiger partial charge in [0.25, 0.3) is 0 Å². The number of hydrogen-bond donors (Lipinski definition) is 1. The lowest BCUT2D eigenvalue weighted by atomic mass is 9.76. The van der Waals surface area contributed by atoms with E-state index in [-0.39, 0.29) is 25.7 Å². The molecule has 1 saturated carbocycles. The SMILES string of the molecule is OC1(Cc2ccco2)CCC(C(F)(F)F)CC1. The Hall–Kier alpha value is -0.970. The molecule has 0 aliphatic heterocycles. The van der Waals surface area contributed by atoms with E-state index in [1.54, 1.807) is 12.1 Å². The second-order valence-corrected chi connectivity index (χ2v) is 4.80. The molecule has 1 N–H and O–H groups in total. The van der Waals surface area contributed by atoms with E-state index in [4.69, 9.17) is 4.42 Å². The van der Waals surface area contributed by atoms with E-state index >= 15 is 0 Å². The molecule has 2 rings (SSSR count). The Bertz CT molecular complexity index is 348. The molecule has 0 bridgehead atoms. The van der Waals surface area contributed by atoms with Gasteiger partial charge in [-0.2, -0.15) is 13.2 Å². The highest BCUT2D eigenvalue weighted by atomic mass is 19.4. The fourth-order valence-corrected chi connectivity index (χ4v) is 2.40. The topological polar surface area (TPSA) is 33.4 Å². The molecule has 0 atom stereocenters. The second-order valence-electron chi connectivity index (χ2n) is 4.80. The zero-order chi connectivity index (χ0) is 12.5. The fourth-order valence-electron chi connectivity index (χ4n) is 2.40. The predicted molar refractivity (Wildman–Crippen MR) is 55.4 cm³/mol. The van der Waals surface area contributed by atoms with Gasteiger partial charge < -0.3 is 9.52 Å². The summed E-state index contributed by atoms with van der Waals surface area (Å²) in [5.41, 5.74) is -1.04. The molecule has 17 heavy (non-hydrogen) atoms. The molecule has 0 saturated heterocycles. The molecule has 0 spiro atoms. The summed E-state index contributed by atoms with van der Waals surface area (Å²) in [6, 6.07) is 3.44. The normalized spacial score (nSPS) is 30.5. The van der Waals surface area contributed by atoms with Gasteiger partial charge in [-0.05, 0) is 37.8 Å². The molecule has 1 aromatic rings. The van der Waals surface area contributed by atoms with Crippen LogP contribution in [0.3, 0.4) is 0 Å². The van der Waals surface area contributed by atoms with E-state index < -0.39 is 17.7 Å². The van der Waals surface area contributed by atoms with E-state index in [9.17, 15) is 18.3 Å². The van der Waals surface area contributed by atoms with E-state index in [1.165, 1.54) is 6.26 Å². The molecule has 0 aromatic carbocycles. The molecular weight excluding hydrogens is 233 g/mol. The van der Waals surface area contributed by atoms with Crippen LogP contribution < -0.4 is 0 Å². The predicted octanol–water partition coefficient (Wildman–Crippen LogP) is 3.31. The van der Waals surface area contributed by atoms with Crippen LogP contribution in [0.25, 0.3) is 0 Å². The summed E-state index contributed by atoms with van der Waals surface area (Å²) in [6.45, 7) is 0. The van der Waals surface area contributed by atoms with Crippen molar-refractivity contribution in [3.63, 3.8) is 0 Å². The highest BCUT2D eigenvalue weighted by Gasteiger charge is 2.45. The first-order valence-corrected chi connectivity index (χ1v) is 5.71. The van der Waals surface area contributed by atoms with E-state index in [2.05, 4.69) is 0 Å². The van der Waals surface area contributed by atoms with Crippen LogP contribution in [0.5, 0.6) is 0 Å². The van der Waals surface area contributed by atoms with E-state index in [0.717, 1.165) is 0 Å². The lowest BCUT2D eigenvalue weighted by Crippen LogP contribution is -2.39. The Kier molecular flexibility index (Phi) is 3.21. The van der Waals surface area contributed by atoms with Crippen LogP contribution in [-0.4, -0.2) is 16.9 Å². The molecule has 1 aliphatic rings. The van der Waals surface area contributed by atoms with Crippen LogP contribution in [-0.2, 0) is 6.42 Å². The summed E-state index contributed by atoms with van der Waals surface area (Å²) in [5.74, 6) is -0.641. The summed E-state index contributed by atoms with van der Waals surface area (Å²) in [6.07, 6.45) is -1.98. The molecule has 1 aliphatic carbocycles. The molecule has 96 valence electrons. The molecular formula is C12H15F3O2. The maximum Gasteiger partial charge on any atom is 0.391 e. The number of rotatable bonds is 2. The van der Waals surface area contributed by atoms with Crippen molar-refractivity contribution in [3.05, 3.63) is 24.2 Å². The van der Waals surface area contributed by atoms with Crippen LogP contribution in [0, 0.1) is 5.92 Å². The van der Waals surface area contributed by atoms with Gasteiger partial charge in [0.1, 0.15) is 5.76 Å². The number of halogens is 3. The minimum absolute atomic E-state index is 0.000703. The lowest BCUT2D eigenvalue weighted by Gasteiger charge is -2.36. The number of furan rings is 1. The van der Waals surface area contributed by atoms with Crippen LogP contribution in [0.1, 0.15) is 31.4 Å². The third kappa shape index (κ3) is 3.03. The second kappa shape index (κ2) is 4.37. The van der Waals surface area contributed by atoms with Gasteiger partial charge >= 0.3 is 6.18 Å². The summed E-state index contributed by atoms with van der Waals surface area (Å²) < 4.78 is 42.5. The quantitative estimate of drug-likeness (QED) is 0.871. The highest BCUT2D eigenvalue weighted by Crippen LogP contribution is 2.42. The zero-order valence-electron chi connectivity index (χ0n) is 9.33. The van der Waals surface area contributed by atoms with Crippen LogP contribution >= 0.6 is 0 Å². The van der Waals surface area contributed by atoms with Gasteiger partial charge in [0.15, 0.2) is 0 Å². The minimum atomic E-state index is -4.13. The first-order chi connectivity index (χ1) is 7.89. The van der Waals surface area contributed by atoms with Crippen molar-refractivity contribution >= 4 is 0 Å². The average molecular weight is 248 g/mol. The Morgan fingerprint density at radius 2 is 2.00 bits per heavy atom. The van der Waals surface area contributed by atoms with E-state index in [1.807, 2.05) is 0 Å². The van der Waals surface area contributed by atoms with Crippen molar-refractivity contribution in [2.75, 3.05) is 0 Å². The third-order valence-corrected chi connectivity index (χ3v) is 3.46. The molecule has 0 unspecified atom stereocenters. The Labute approximate surface area is 97.4 Å². The maximum atomic E-state index is 12.5. The zero-order valence-corrected chi connectivity index (χ0v) is 9.33. The first kappa shape index (κ1) is 12.5. The van der Waals surface area contributed by atoms with Crippen molar-refractivity contribution in [2.45, 2.75) is 43.9 Å². The van der Waals surface area contributed by atoms with Gasteiger partial charge in [-0.1, -0.05) is 0 Å². The Morgan fingerprint density at radius 1 is 1.35 bits per heavy atom. The molecule has 1 aromatic heterocycles. The molecule has 5 heteroatoms. The van der Waals surface area contributed by atoms with Gasteiger partial charge in [0.05, 0.1) is 17.8 Å². The Balaban J connectivity index is 1.93. The van der Waals surface area contributed by atoms with Crippen LogP contribution in [0.4, 0.5) is 13.2 Å². The monoisotopic (exact) mass is 248 g/mol. The van der Waals surface area contributed by atoms with Gasteiger partial charge in [0, 0.05) is 6.42 Å². The summed E-state index contributed by atoms with van der Waals surface area (Å²) in [7, 11) is 0. The largest absolute Gasteiger partial charge is 0.469 e. The van der Waals surface area contributed by atoms with Crippen LogP contribution in [0.2, 0.25) is 0 Å². The van der Waals surface area contributed by atoms with Gasteiger partial charge in [-0.3, -0.25) is 0 Å². The van der Waals surface area contributed by atoms with Crippen molar-refractivity contribution in [1.29, 1.82) is 0 Å². The van der Waals surface area contributed by atoms with Crippen molar-refractivity contribution < 1.29 is 22.7 Å². The summed E-state index contributed by atoms with van der Waals surface area (Å²) in [5, 5.41) is 10.2. The van der Waals surface area contributed by atoms with Crippen molar-refractivity contribution in [1.82, 2.24) is 0 Å². The Morgan fingerprint density at radius 3 is 2.47 bits per heavy atom. The van der Waals surface area contributed by atoms with Gasteiger partial charge in [-0.15, -0.1) is 0 Å². The molecule has 0 radical (unpaired) electrons. The molecule has 0 amide bonds. The van der Waals surface area contributed by atoms with Crippen LogP contribution in [0.15, 0.2) is 22.8 Å².